The summed E-state index contributed by atoms with van der Waals surface area (Å²) in [7, 11) is 0. The lowest BCUT2D eigenvalue weighted by molar-refractivity contribution is 0.0600. The highest BCUT2D eigenvalue weighted by atomic mass is 16.5. The fraction of sp³-hybridized carbons (Fsp3) is 0.267. The summed E-state index contributed by atoms with van der Waals surface area (Å²) >= 11 is 0. The van der Waals surface area contributed by atoms with Crippen LogP contribution in [0.5, 0.6) is 5.75 Å². The van der Waals surface area contributed by atoms with E-state index in [1.165, 1.54) is 0 Å². The molecule has 1 amide bonds. The van der Waals surface area contributed by atoms with Crippen LogP contribution in [0.25, 0.3) is 11.5 Å². The largest absolute Gasteiger partial charge is 0.487 e. The molecule has 0 aliphatic rings. The predicted octanol–water partition coefficient (Wildman–Crippen LogP) is 6.10. The van der Waals surface area contributed by atoms with Gasteiger partial charge in [0.05, 0.1) is 6.10 Å². The Morgan fingerprint density at radius 2 is 1.62 bits per heavy atom. The van der Waals surface area contributed by atoms with E-state index in [9.17, 15) is 4.79 Å². The first-order valence-corrected chi connectivity index (χ1v) is 12.4. The Morgan fingerprint density at radius 1 is 0.919 bits per heavy atom. The molecule has 0 aliphatic carbocycles. The molecule has 0 bridgehead atoms. The fourth-order valence-corrected chi connectivity index (χ4v) is 3.80. The average Bonchev–Trinajstić information content (AvgIpc) is 3.31. The van der Waals surface area contributed by atoms with Crippen molar-refractivity contribution in [3.63, 3.8) is 0 Å². The first-order chi connectivity index (χ1) is 18.1. The van der Waals surface area contributed by atoms with E-state index in [0.29, 0.717) is 32.1 Å². The van der Waals surface area contributed by atoms with Crippen LogP contribution in [0.15, 0.2) is 89.3 Å². The molecule has 4 aromatic rings. The second-order valence-corrected chi connectivity index (χ2v) is 8.54. The van der Waals surface area contributed by atoms with E-state index >= 15 is 0 Å². The number of hydrogen-bond donors (Lipinski definition) is 1. The van der Waals surface area contributed by atoms with Gasteiger partial charge in [-0.3, -0.25) is 0 Å². The second-order valence-electron chi connectivity index (χ2n) is 8.54. The molecule has 37 heavy (non-hydrogen) atoms. The maximum Gasteiger partial charge on any atom is 0.407 e. The van der Waals surface area contributed by atoms with E-state index in [4.69, 9.17) is 18.6 Å². The Balaban J connectivity index is 1.25. The third-order valence-corrected chi connectivity index (χ3v) is 5.76. The number of rotatable bonds is 12. The number of amides is 1. The van der Waals surface area contributed by atoms with E-state index in [2.05, 4.69) is 10.3 Å². The molecule has 0 saturated carbocycles. The Hall–Kier alpha value is -4.10. The lowest BCUT2D eigenvalue weighted by Crippen LogP contribution is -2.35. The van der Waals surface area contributed by atoms with Crippen LogP contribution in [-0.4, -0.2) is 30.3 Å². The number of nitrogens with zero attached hydrogens (tertiary/aromatic N) is 1. The van der Waals surface area contributed by atoms with Gasteiger partial charge in [-0.15, -0.1) is 0 Å². The number of aromatic nitrogens is 1. The van der Waals surface area contributed by atoms with Gasteiger partial charge in [0.15, 0.2) is 0 Å². The summed E-state index contributed by atoms with van der Waals surface area (Å²) in [5.74, 6) is 2.07. The maximum absolute atomic E-state index is 12.1. The van der Waals surface area contributed by atoms with Crippen molar-refractivity contribution in [1.29, 1.82) is 0 Å². The van der Waals surface area contributed by atoms with Crippen LogP contribution in [0.2, 0.25) is 0 Å². The van der Waals surface area contributed by atoms with Crippen molar-refractivity contribution in [1.82, 2.24) is 10.3 Å². The Morgan fingerprint density at radius 3 is 2.32 bits per heavy atom. The van der Waals surface area contributed by atoms with Gasteiger partial charge in [0.25, 0.3) is 0 Å². The summed E-state index contributed by atoms with van der Waals surface area (Å²) in [6.07, 6.45) is 0.0155. The van der Waals surface area contributed by atoms with Crippen LogP contribution in [0.3, 0.4) is 0 Å². The number of aryl methyl sites for hydroxylation is 1. The van der Waals surface area contributed by atoms with Gasteiger partial charge in [-0.25, -0.2) is 9.78 Å². The number of nitrogens with one attached hydrogen (secondary N) is 1. The third kappa shape index (κ3) is 7.95. The minimum atomic E-state index is -0.462. The van der Waals surface area contributed by atoms with Gasteiger partial charge in [0.1, 0.15) is 30.4 Å². The van der Waals surface area contributed by atoms with Crippen LogP contribution in [0.1, 0.15) is 29.5 Å². The Bertz CT molecular complexity index is 1240. The quantitative estimate of drug-likeness (QED) is 0.253. The predicted molar refractivity (Wildman–Crippen MR) is 141 cm³/mol. The van der Waals surface area contributed by atoms with Crippen molar-refractivity contribution in [3.8, 4) is 17.2 Å². The number of alkyl carbamates (subject to hydrolysis) is 1. The second kappa shape index (κ2) is 13.3. The highest BCUT2D eigenvalue weighted by Crippen LogP contribution is 2.23. The fourth-order valence-electron chi connectivity index (χ4n) is 3.80. The van der Waals surface area contributed by atoms with Gasteiger partial charge >= 0.3 is 6.09 Å². The number of hydrogen-bond acceptors (Lipinski definition) is 6. The van der Waals surface area contributed by atoms with Crippen LogP contribution in [-0.2, 0) is 29.1 Å². The molecule has 7 heteroatoms. The molecule has 0 fully saturated rings. The summed E-state index contributed by atoms with van der Waals surface area (Å²) in [5.41, 5.74) is 3.72. The molecule has 1 aromatic heterocycles. The van der Waals surface area contributed by atoms with Gasteiger partial charge < -0.3 is 23.9 Å². The van der Waals surface area contributed by atoms with Gasteiger partial charge in [-0.2, -0.15) is 0 Å². The molecule has 0 saturated heterocycles. The van der Waals surface area contributed by atoms with Gasteiger partial charge in [0.2, 0.25) is 5.89 Å². The lowest BCUT2D eigenvalue weighted by Gasteiger charge is -2.18. The SMILES string of the molecule is CCO[C@H](CNC(=O)OCc1ccccc1)Cc1ccc(OCc2nc(-c3ccccc3)oc2C)cc1. The van der Waals surface area contributed by atoms with E-state index < -0.39 is 6.09 Å². The van der Waals surface area contributed by atoms with Crippen molar-refractivity contribution in [2.75, 3.05) is 13.2 Å². The highest BCUT2D eigenvalue weighted by molar-refractivity contribution is 5.67. The van der Waals surface area contributed by atoms with E-state index in [-0.39, 0.29) is 12.7 Å². The molecule has 0 aliphatic heterocycles. The average molecular weight is 501 g/mol. The van der Waals surface area contributed by atoms with Crippen molar-refractivity contribution in [3.05, 3.63) is 108 Å². The van der Waals surface area contributed by atoms with Crippen molar-refractivity contribution >= 4 is 6.09 Å². The number of carbonyl (C=O) groups is 1. The van der Waals surface area contributed by atoms with Crippen LogP contribution in [0.4, 0.5) is 4.79 Å². The van der Waals surface area contributed by atoms with Crippen LogP contribution >= 0.6 is 0 Å². The maximum atomic E-state index is 12.1. The molecule has 1 heterocycles. The zero-order valence-electron chi connectivity index (χ0n) is 21.2. The number of benzene rings is 3. The lowest BCUT2D eigenvalue weighted by atomic mass is 10.1. The summed E-state index contributed by atoms with van der Waals surface area (Å²) in [4.78, 5) is 16.7. The minimum Gasteiger partial charge on any atom is -0.487 e. The minimum absolute atomic E-state index is 0.171. The summed E-state index contributed by atoms with van der Waals surface area (Å²) < 4.78 is 22.9. The van der Waals surface area contributed by atoms with E-state index in [0.717, 1.165) is 33.9 Å². The number of carbonyl (C=O) groups excluding carboxylic acids is 1. The van der Waals surface area contributed by atoms with Crippen LogP contribution < -0.4 is 10.1 Å². The first kappa shape index (κ1) is 26.0. The first-order valence-electron chi connectivity index (χ1n) is 12.4. The number of ether oxygens (including phenoxy) is 3. The van der Waals surface area contributed by atoms with Gasteiger partial charge in [-0.1, -0.05) is 60.7 Å². The van der Waals surface area contributed by atoms with Gasteiger partial charge in [-0.05, 0) is 49.2 Å². The van der Waals surface area contributed by atoms with Crippen molar-refractivity contribution in [2.45, 2.75) is 39.6 Å². The molecular formula is C30H32N2O5. The third-order valence-electron chi connectivity index (χ3n) is 5.76. The Labute approximate surface area is 217 Å². The molecule has 3 aromatic carbocycles. The summed E-state index contributed by atoms with van der Waals surface area (Å²) in [6, 6.07) is 27.2. The molecule has 1 N–H and O–H groups in total. The molecule has 1 atom stereocenters. The van der Waals surface area contributed by atoms with E-state index in [1.807, 2.05) is 98.8 Å². The molecule has 4 rings (SSSR count). The number of oxazole rings is 1. The van der Waals surface area contributed by atoms with Gasteiger partial charge in [0, 0.05) is 25.1 Å². The molecule has 0 radical (unpaired) electrons. The van der Waals surface area contributed by atoms with Crippen LogP contribution in [0, 0.1) is 6.92 Å². The topological polar surface area (TPSA) is 82.8 Å². The molecule has 0 spiro atoms. The summed E-state index contributed by atoms with van der Waals surface area (Å²) in [5, 5.41) is 2.80. The normalized spacial score (nSPS) is 11.6. The zero-order valence-corrected chi connectivity index (χ0v) is 21.2. The highest BCUT2D eigenvalue weighted by Gasteiger charge is 2.14. The monoisotopic (exact) mass is 500 g/mol. The molecule has 0 unspecified atom stereocenters. The smallest absolute Gasteiger partial charge is 0.407 e. The zero-order chi connectivity index (χ0) is 25.9. The Kier molecular flexibility index (Phi) is 9.32. The standard InChI is InChI=1S/C30H32N2O5/c1-3-34-27(19-31-30(33)36-20-24-10-6-4-7-11-24)18-23-14-16-26(17-15-23)35-21-28-22(2)37-29(32-28)25-12-8-5-9-13-25/h4-17,27H,3,18-21H2,1-2H3,(H,31,33)/t27-/m0/s1. The summed E-state index contributed by atoms with van der Waals surface area (Å²) in [6.45, 7) is 5.28. The van der Waals surface area contributed by atoms with Crippen molar-refractivity contribution in [2.24, 2.45) is 0 Å². The molecule has 192 valence electrons. The van der Waals surface area contributed by atoms with E-state index in [1.54, 1.807) is 0 Å². The molecular weight excluding hydrogens is 468 g/mol. The van der Waals surface area contributed by atoms with Crippen molar-refractivity contribution < 1.29 is 23.4 Å². The molecule has 7 nitrogen and oxygen atoms in total.